The van der Waals surface area contributed by atoms with E-state index in [4.69, 9.17) is 0 Å². The molecule has 2 heteroatoms. The molecule has 1 aliphatic rings. The third kappa shape index (κ3) is 2.56. The van der Waals surface area contributed by atoms with Gasteiger partial charge in [0.05, 0.1) is 0 Å². The van der Waals surface area contributed by atoms with E-state index in [9.17, 15) is 4.79 Å². The van der Waals surface area contributed by atoms with Crippen molar-refractivity contribution in [1.82, 2.24) is 4.98 Å². The van der Waals surface area contributed by atoms with E-state index in [-0.39, 0.29) is 11.3 Å². The maximum atomic E-state index is 12.6. The first-order valence-corrected chi connectivity index (χ1v) is 6.58. The lowest BCUT2D eigenvalue weighted by atomic mass is 9.69. The predicted molar refractivity (Wildman–Crippen MR) is 68.9 cm³/mol. The second-order valence-electron chi connectivity index (χ2n) is 5.49. The number of carbonyl (C=O) groups excluding carboxylic acids is 1. The van der Waals surface area contributed by atoms with Crippen molar-refractivity contribution in [2.24, 2.45) is 5.41 Å². The van der Waals surface area contributed by atoms with E-state index in [1.165, 1.54) is 19.3 Å². The monoisotopic (exact) mass is 231 g/mol. The third-order valence-corrected chi connectivity index (χ3v) is 4.15. The van der Waals surface area contributed by atoms with E-state index >= 15 is 0 Å². The van der Waals surface area contributed by atoms with Gasteiger partial charge >= 0.3 is 0 Å². The van der Waals surface area contributed by atoms with Crippen molar-refractivity contribution >= 4 is 5.78 Å². The lowest BCUT2D eigenvalue weighted by Crippen LogP contribution is -2.33. The highest BCUT2D eigenvalue weighted by Gasteiger charge is 2.37. The summed E-state index contributed by atoms with van der Waals surface area (Å²) in [6.45, 7) is 4.17. The molecule has 1 atom stereocenters. The smallest absolute Gasteiger partial charge is 0.145 e. The Morgan fingerprint density at radius 2 is 1.82 bits per heavy atom. The van der Waals surface area contributed by atoms with Gasteiger partial charge in [-0.3, -0.25) is 9.78 Å². The summed E-state index contributed by atoms with van der Waals surface area (Å²) in [5, 5.41) is 0. The lowest BCUT2D eigenvalue weighted by molar-refractivity contribution is -0.130. The molecule has 0 bridgehead atoms. The summed E-state index contributed by atoms with van der Waals surface area (Å²) in [7, 11) is 0. The Kier molecular flexibility index (Phi) is 3.60. The van der Waals surface area contributed by atoms with E-state index in [1.807, 2.05) is 19.1 Å². The number of ketones is 1. The Bertz CT molecular complexity index is 379. The molecule has 1 heterocycles. The summed E-state index contributed by atoms with van der Waals surface area (Å²) in [6.07, 6.45) is 9.33. The molecule has 1 aromatic heterocycles. The molecule has 1 unspecified atom stereocenters. The average molecular weight is 231 g/mol. The molecular weight excluding hydrogens is 210 g/mol. The fourth-order valence-corrected chi connectivity index (χ4v) is 2.90. The number of hydrogen-bond donors (Lipinski definition) is 0. The zero-order valence-corrected chi connectivity index (χ0v) is 10.8. The van der Waals surface area contributed by atoms with Crippen molar-refractivity contribution in [2.75, 3.05) is 0 Å². The van der Waals surface area contributed by atoms with Crippen LogP contribution in [0.4, 0.5) is 0 Å². The Labute approximate surface area is 103 Å². The van der Waals surface area contributed by atoms with Crippen LogP contribution >= 0.6 is 0 Å². The van der Waals surface area contributed by atoms with E-state index in [0.29, 0.717) is 5.78 Å². The van der Waals surface area contributed by atoms with Gasteiger partial charge in [-0.25, -0.2) is 0 Å². The maximum absolute atomic E-state index is 12.6. The summed E-state index contributed by atoms with van der Waals surface area (Å²) in [5.41, 5.74) is 0.998. The van der Waals surface area contributed by atoms with E-state index < -0.39 is 0 Å². The van der Waals surface area contributed by atoms with Crippen LogP contribution in [0.15, 0.2) is 24.5 Å². The summed E-state index contributed by atoms with van der Waals surface area (Å²) < 4.78 is 0. The number of pyridine rings is 1. The molecule has 0 saturated heterocycles. The fraction of sp³-hybridized carbons (Fsp3) is 0.600. The first-order chi connectivity index (χ1) is 8.13. The van der Waals surface area contributed by atoms with E-state index in [1.54, 1.807) is 12.4 Å². The second-order valence-corrected chi connectivity index (χ2v) is 5.49. The first kappa shape index (κ1) is 12.3. The van der Waals surface area contributed by atoms with Crippen LogP contribution in [0.3, 0.4) is 0 Å². The van der Waals surface area contributed by atoms with Gasteiger partial charge in [0.25, 0.3) is 0 Å². The molecule has 0 spiro atoms. The molecule has 17 heavy (non-hydrogen) atoms. The highest BCUT2D eigenvalue weighted by Crippen LogP contribution is 2.40. The third-order valence-electron chi connectivity index (χ3n) is 4.15. The second kappa shape index (κ2) is 4.99. The van der Waals surface area contributed by atoms with Gasteiger partial charge in [0.2, 0.25) is 0 Å². The molecule has 1 saturated carbocycles. The number of Topliss-reactive ketones (excluding diaryl/α,β-unsaturated/α-hetero) is 1. The summed E-state index contributed by atoms with van der Waals surface area (Å²) >= 11 is 0. The van der Waals surface area contributed by atoms with E-state index in [2.05, 4.69) is 11.9 Å². The number of carbonyl (C=O) groups is 1. The quantitative estimate of drug-likeness (QED) is 0.793. The largest absolute Gasteiger partial charge is 0.298 e. The molecule has 1 fully saturated rings. The van der Waals surface area contributed by atoms with Crippen molar-refractivity contribution in [3.05, 3.63) is 30.1 Å². The topological polar surface area (TPSA) is 30.0 Å². The van der Waals surface area contributed by atoms with Crippen molar-refractivity contribution in [3.8, 4) is 0 Å². The van der Waals surface area contributed by atoms with Crippen LogP contribution in [0, 0.1) is 5.41 Å². The summed E-state index contributed by atoms with van der Waals surface area (Å²) in [6, 6.07) is 3.91. The van der Waals surface area contributed by atoms with Crippen molar-refractivity contribution in [3.63, 3.8) is 0 Å². The van der Waals surface area contributed by atoms with Gasteiger partial charge in [-0.05, 0) is 30.5 Å². The SMILES string of the molecule is CC(C(=O)C1(C)CCCCC1)c1ccncc1. The number of rotatable bonds is 3. The summed E-state index contributed by atoms with van der Waals surface area (Å²) in [5.74, 6) is 0.407. The van der Waals surface area contributed by atoms with Crippen molar-refractivity contribution in [1.29, 1.82) is 0 Å². The minimum atomic E-state index is -0.0963. The standard InChI is InChI=1S/C15H21NO/c1-12(13-6-10-16-11-7-13)14(17)15(2)8-4-3-5-9-15/h6-7,10-12H,3-5,8-9H2,1-2H3. The predicted octanol–water partition coefficient (Wildman–Crippen LogP) is 3.72. The maximum Gasteiger partial charge on any atom is 0.145 e. The molecule has 2 nitrogen and oxygen atoms in total. The number of nitrogens with zero attached hydrogens (tertiary/aromatic N) is 1. The molecule has 1 aromatic rings. The van der Waals surface area contributed by atoms with Crippen LogP contribution in [-0.4, -0.2) is 10.8 Å². The zero-order chi connectivity index (χ0) is 12.3. The highest BCUT2D eigenvalue weighted by atomic mass is 16.1. The van der Waals surface area contributed by atoms with Gasteiger partial charge in [-0.1, -0.05) is 33.1 Å². The van der Waals surface area contributed by atoms with Crippen LogP contribution in [0.1, 0.15) is 57.4 Å². The molecule has 2 rings (SSSR count). The highest BCUT2D eigenvalue weighted by molar-refractivity contribution is 5.90. The van der Waals surface area contributed by atoms with Crippen LogP contribution < -0.4 is 0 Å². The Morgan fingerprint density at radius 3 is 2.41 bits per heavy atom. The van der Waals surface area contributed by atoms with Crippen LogP contribution in [0.2, 0.25) is 0 Å². The lowest BCUT2D eigenvalue weighted by Gasteiger charge is -2.34. The van der Waals surface area contributed by atoms with Gasteiger partial charge in [0.1, 0.15) is 5.78 Å². The summed E-state index contributed by atoms with van der Waals surface area (Å²) in [4.78, 5) is 16.6. The van der Waals surface area contributed by atoms with Gasteiger partial charge in [0, 0.05) is 23.7 Å². The number of aromatic nitrogens is 1. The van der Waals surface area contributed by atoms with E-state index in [0.717, 1.165) is 18.4 Å². The minimum Gasteiger partial charge on any atom is -0.298 e. The van der Waals surface area contributed by atoms with Crippen molar-refractivity contribution in [2.45, 2.75) is 51.9 Å². The molecule has 0 aliphatic heterocycles. The van der Waals surface area contributed by atoms with Gasteiger partial charge in [-0.15, -0.1) is 0 Å². The molecule has 0 radical (unpaired) electrons. The fourth-order valence-electron chi connectivity index (χ4n) is 2.90. The first-order valence-electron chi connectivity index (χ1n) is 6.58. The van der Waals surface area contributed by atoms with Gasteiger partial charge in [-0.2, -0.15) is 0 Å². The Hall–Kier alpha value is -1.18. The molecule has 0 amide bonds. The molecule has 0 aromatic carbocycles. The Morgan fingerprint density at radius 1 is 1.24 bits per heavy atom. The van der Waals surface area contributed by atoms with Crippen LogP contribution in [-0.2, 0) is 4.79 Å². The average Bonchev–Trinajstić information content (AvgIpc) is 2.39. The van der Waals surface area contributed by atoms with Crippen LogP contribution in [0.25, 0.3) is 0 Å². The Balaban J connectivity index is 2.14. The molecule has 0 N–H and O–H groups in total. The molecule has 92 valence electrons. The van der Waals surface area contributed by atoms with Crippen LogP contribution in [0.5, 0.6) is 0 Å². The van der Waals surface area contributed by atoms with Gasteiger partial charge < -0.3 is 0 Å². The molecular formula is C15H21NO. The number of hydrogen-bond acceptors (Lipinski definition) is 2. The normalized spacial score (nSPS) is 20.8. The molecule has 1 aliphatic carbocycles. The van der Waals surface area contributed by atoms with Gasteiger partial charge in [0.15, 0.2) is 0 Å². The zero-order valence-electron chi connectivity index (χ0n) is 10.8. The minimum absolute atomic E-state index is 0.00102. The van der Waals surface area contributed by atoms with Crippen molar-refractivity contribution < 1.29 is 4.79 Å².